The second kappa shape index (κ2) is 5.89. The van der Waals surface area contributed by atoms with Gasteiger partial charge in [0.1, 0.15) is 0 Å². The van der Waals surface area contributed by atoms with Gasteiger partial charge in [-0.15, -0.1) is 11.6 Å². The largest absolute Gasteiger partial charge is 0.340 e. The van der Waals surface area contributed by atoms with Gasteiger partial charge in [-0.25, -0.2) is 0 Å². The molecule has 16 heavy (non-hydrogen) atoms. The van der Waals surface area contributed by atoms with E-state index in [0.29, 0.717) is 17.1 Å². The van der Waals surface area contributed by atoms with E-state index < -0.39 is 0 Å². The highest BCUT2D eigenvalue weighted by Gasteiger charge is 2.14. The maximum atomic E-state index is 11.9. The minimum absolute atomic E-state index is 0.0696. The minimum atomic E-state index is -0.0816. The number of rotatable bonds is 3. The van der Waals surface area contributed by atoms with Crippen LogP contribution in [0.2, 0.25) is 5.02 Å². The Morgan fingerprint density at radius 1 is 1.56 bits per heavy atom. The molecular formula is C11H12BrCl2NO. The number of nitrogens with zero attached hydrogens (tertiary/aromatic N) is 1. The summed E-state index contributed by atoms with van der Waals surface area (Å²) in [6, 6.07) is 5.13. The number of carbonyl (C=O) groups excluding carboxylic acids is 1. The van der Waals surface area contributed by atoms with E-state index in [1.165, 1.54) is 0 Å². The van der Waals surface area contributed by atoms with Crippen molar-refractivity contribution >= 4 is 45.0 Å². The minimum Gasteiger partial charge on any atom is -0.340 e. The fourth-order valence-electron chi connectivity index (χ4n) is 1.31. The Labute approximate surface area is 114 Å². The molecule has 1 aromatic carbocycles. The first kappa shape index (κ1) is 13.8. The standard InChI is InChI=1S/C11H12BrCl2NO/c1-7(13)6-15(2)11(16)8-3-4-9(12)10(14)5-8/h3-5,7H,6H2,1-2H3. The number of hydrogen-bond acceptors (Lipinski definition) is 1. The molecule has 0 aromatic heterocycles. The molecule has 0 heterocycles. The number of alkyl halides is 1. The molecule has 0 saturated carbocycles. The molecule has 2 nitrogen and oxygen atoms in total. The van der Waals surface area contributed by atoms with Crippen LogP contribution in [0.5, 0.6) is 0 Å². The van der Waals surface area contributed by atoms with E-state index in [4.69, 9.17) is 23.2 Å². The zero-order valence-electron chi connectivity index (χ0n) is 9.01. The first-order chi connectivity index (χ1) is 7.41. The van der Waals surface area contributed by atoms with E-state index >= 15 is 0 Å². The van der Waals surface area contributed by atoms with Gasteiger partial charge in [0.15, 0.2) is 0 Å². The highest BCUT2D eigenvalue weighted by Crippen LogP contribution is 2.23. The molecule has 0 aliphatic heterocycles. The Kier molecular flexibility index (Phi) is 5.09. The van der Waals surface area contributed by atoms with Crippen molar-refractivity contribution in [3.63, 3.8) is 0 Å². The predicted octanol–water partition coefficient (Wildman–Crippen LogP) is 3.80. The molecule has 1 amide bonds. The normalized spacial score (nSPS) is 12.3. The van der Waals surface area contributed by atoms with Gasteiger partial charge in [-0.1, -0.05) is 11.6 Å². The fourth-order valence-corrected chi connectivity index (χ4v) is 1.94. The smallest absolute Gasteiger partial charge is 0.253 e. The summed E-state index contributed by atoms with van der Waals surface area (Å²) in [4.78, 5) is 13.5. The van der Waals surface area contributed by atoms with E-state index in [-0.39, 0.29) is 11.3 Å². The van der Waals surface area contributed by atoms with Crippen molar-refractivity contribution in [2.75, 3.05) is 13.6 Å². The van der Waals surface area contributed by atoms with Crippen LogP contribution in [0.1, 0.15) is 17.3 Å². The zero-order valence-corrected chi connectivity index (χ0v) is 12.1. The van der Waals surface area contributed by atoms with Crippen molar-refractivity contribution < 1.29 is 4.79 Å². The third-order valence-electron chi connectivity index (χ3n) is 2.04. The van der Waals surface area contributed by atoms with Gasteiger partial charge < -0.3 is 4.90 Å². The molecule has 1 rings (SSSR count). The molecular weight excluding hydrogens is 313 g/mol. The maximum absolute atomic E-state index is 11.9. The van der Waals surface area contributed by atoms with E-state index in [1.54, 1.807) is 30.1 Å². The molecule has 0 fully saturated rings. The van der Waals surface area contributed by atoms with E-state index in [9.17, 15) is 4.79 Å². The highest BCUT2D eigenvalue weighted by molar-refractivity contribution is 9.10. The monoisotopic (exact) mass is 323 g/mol. The number of carbonyl (C=O) groups is 1. The number of amides is 1. The Balaban J connectivity index is 2.84. The maximum Gasteiger partial charge on any atom is 0.253 e. The lowest BCUT2D eigenvalue weighted by Crippen LogP contribution is -2.31. The summed E-state index contributed by atoms with van der Waals surface area (Å²) in [5.41, 5.74) is 0.563. The van der Waals surface area contributed by atoms with Crippen molar-refractivity contribution in [1.82, 2.24) is 4.90 Å². The lowest BCUT2D eigenvalue weighted by molar-refractivity contribution is 0.0796. The average molecular weight is 325 g/mol. The molecule has 0 bridgehead atoms. The van der Waals surface area contributed by atoms with Crippen LogP contribution in [-0.4, -0.2) is 29.8 Å². The molecule has 0 aliphatic carbocycles. The Bertz CT molecular complexity index is 396. The lowest BCUT2D eigenvalue weighted by Gasteiger charge is -2.18. The van der Waals surface area contributed by atoms with Gasteiger partial charge >= 0.3 is 0 Å². The first-order valence-electron chi connectivity index (χ1n) is 4.76. The lowest BCUT2D eigenvalue weighted by atomic mass is 10.2. The van der Waals surface area contributed by atoms with Crippen molar-refractivity contribution in [2.45, 2.75) is 12.3 Å². The molecule has 0 saturated heterocycles. The van der Waals surface area contributed by atoms with Crippen LogP contribution in [0.25, 0.3) is 0 Å². The second-order valence-corrected chi connectivity index (χ2v) is 5.60. The van der Waals surface area contributed by atoms with Gasteiger partial charge in [-0.3, -0.25) is 4.79 Å². The van der Waals surface area contributed by atoms with Gasteiger partial charge in [0, 0.05) is 29.0 Å². The van der Waals surface area contributed by atoms with Gasteiger partial charge in [0.05, 0.1) is 5.02 Å². The van der Waals surface area contributed by atoms with Gasteiger partial charge in [0.25, 0.3) is 5.91 Å². The summed E-state index contributed by atoms with van der Waals surface area (Å²) in [5, 5.41) is 0.457. The third-order valence-corrected chi connectivity index (χ3v) is 3.41. The number of halogens is 3. The molecule has 1 aromatic rings. The molecule has 0 aliphatic rings. The van der Waals surface area contributed by atoms with Crippen LogP contribution in [0.3, 0.4) is 0 Å². The molecule has 0 N–H and O–H groups in total. The van der Waals surface area contributed by atoms with Crippen molar-refractivity contribution in [3.8, 4) is 0 Å². The van der Waals surface area contributed by atoms with Crippen LogP contribution in [0.4, 0.5) is 0 Å². The van der Waals surface area contributed by atoms with Crippen LogP contribution in [-0.2, 0) is 0 Å². The molecule has 0 spiro atoms. The molecule has 1 atom stereocenters. The Morgan fingerprint density at radius 2 is 2.19 bits per heavy atom. The van der Waals surface area contributed by atoms with Crippen molar-refractivity contribution in [3.05, 3.63) is 33.3 Å². The summed E-state index contributed by atoms with van der Waals surface area (Å²) < 4.78 is 0.777. The van der Waals surface area contributed by atoms with Crippen LogP contribution in [0, 0.1) is 0 Å². The SMILES string of the molecule is CC(Cl)CN(C)C(=O)c1ccc(Br)c(Cl)c1. The predicted molar refractivity (Wildman–Crippen MR) is 71.4 cm³/mol. The molecule has 88 valence electrons. The third kappa shape index (κ3) is 3.65. The quantitative estimate of drug-likeness (QED) is 0.774. The van der Waals surface area contributed by atoms with E-state index in [1.807, 2.05) is 6.92 Å². The van der Waals surface area contributed by atoms with Crippen LogP contribution < -0.4 is 0 Å². The zero-order chi connectivity index (χ0) is 12.3. The van der Waals surface area contributed by atoms with Gasteiger partial charge in [0.2, 0.25) is 0 Å². The second-order valence-electron chi connectivity index (χ2n) is 3.60. The summed E-state index contributed by atoms with van der Waals surface area (Å²) in [5.74, 6) is -0.0816. The average Bonchev–Trinajstić information content (AvgIpc) is 2.20. The number of benzene rings is 1. The summed E-state index contributed by atoms with van der Waals surface area (Å²) >= 11 is 15.0. The summed E-state index contributed by atoms with van der Waals surface area (Å²) in [6.07, 6.45) is 0. The van der Waals surface area contributed by atoms with Crippen LogP contribution in [0.15, 0.2) is 22.7 Å². The Hall–Kier alpha value is -0.250. The van der Waals surface area contributed by atoms with E-state index in [2.05, 4.69) is 15.9 Å². The van der Waals surface area contributed by atoms with Gasteiger partial charge in [-0.2, -0.15) is 0 Å². The Morgan fingerprint density at radius 3 is 2.69 bits per heavy atom. The van der Waals surface area contributed by atoms with Crippen molar-refractivity contribution in [2.24, 2.45) is 0 Å². The molecule has 1 unspecified atom stereocenters. The first-order valence-corrected chi connectivity index (χ1v) is 6.37. The van der Waals surface area contributed by atoms with Gasteiger partial charge in [-0.05, 0) is 41.1 Å². The number of hydrogen-bond donors (Lipinski definition) is 0. The molecule has 0 radical (unpaired) electrons. The molecule has 5 heteroatoms. The van der Waals surface area contributed by atoms with Crippen LogP contribution >= 0.6 is 39.1 Å². The summed E-state index contributed by atoms with van der Waals surface area (Å²) in [7, 11) is 1.72. The fraction of sp³-hybridized carbons (Fsp3) is 0.364. The topological polar surface area (TPSA) is 20.3 Å². The summed E-state index contributed by atoms with van der Waals surface area (Å²) in [6.45, 7) is 2.36. The highest BCUT2D eigenvalue weighted by atomic mass is 79.9. The van der Waals surface area contributed by atoms with E-state index in [0.717, 1.165) is 4.47 Å². The van der Waals surface area contributed by atoms with Crippen molar-refractivity contribution in [1.29, 1.82) is 0 Å².